The number of methoxy groups -OCH3 is 1. The van der Waals surface area contributed by atoms with E-state index in [2.05, 4.69) is 5.32 Å². The second kappa shape index (κ2) is 5.91. The highest BCUT2D eigenvalue weighted by molar-refractivity contribution is 6.09. The van der Waals surface area contributed by atoms with Crippen molar-refractivity contribution in [2.24, 2.45) is 0 Å². The number of benzene rings is 2. The molecule has 2 rings (SSSR count). The number of nitrogens with one attached hydrogen (secondary N) is 1. The second-order valence-corrected chi connectivity index (χ2v) is 4.08. The molecule has 0 heterocycles. The Bertz CT molecular complexity index is 700. The van der Waals surface area contributed by atoms with Crippen molar-refractivity contribution >= 4 is 17.3 Å². The van der Waals surface area contributed by atoms with Gasteiger partial charge in [0.2, 0.25) is 0 Å². The highest BCUT2D eigenvalue weighted by Gasteiger charge is 2.20. The first-order valence-electron chi connectivity index (χ1n) is 5.95. The number of nitrogens with zero attached hydrogens (tertiary/aromatic N) is 1. The maximum Gasteiger partial charge on any atom is 0.292 e. The van der Waals surface area contributed by atoms with Crippen LogP contribution >= 0.6 is 0 Å². The van der Waals surface area contributed by atoms with Gasteiger partial charge in [-0.1, -0.05) is 18.2 Å². The molecule has 0 aliphatic carbocycles. The molecular weight excluding hydrogens is 276 g/mol. The molecule has 1 amide bonds. The number of phenolic OH excluding ortho intramolecular Hbond substituents is 1. The highest BCUT2D eigenvalue weighted by atomic mass is 16.6. The number of hydrogen-bond donors (Lipinski definition) is 2. The molecule has 0 fully saturated rings. The molecule has 108 valence electrons. The van der Waals surface area contributed by atoms with Crippen LogP contribution in [-0.4, -0.2) is 23.0 Å². The summed E-state index contributed by atoms with van der Waals surface area (Å²) in [5.74, 6) is -0.796. The lowest BCUT2D eigenvalue weighted by molar-refractivity contribution is -0.383. The van der Waals surface area contributed by atoms with E-state index >= 15 is 0 Å². The third kappa shape index (κ3) is 2.92. The Morgan fingerprint density at radius 3 is 2.62 bits per heavy atom. The van der Waals surface area contributed by atoms with Gasteiger partial charge < -0.3 is 15.2 Å². The monoisotopic (exact) mass is 288 g/mol. The summed E-state index contributed by atoms with van der Waals surface area (Å²) in [6.45, 7) is 0. The first-order valence-corrected chi connectivity index (χ1v) is 5.95. The van der Waals surface area contributed by atoms with E-state index in [9.17, 15) is 20.0 Å². The average Bonchev–Trinajstić information content (AvgIpc) is 2.47. The Hall–Kier alpha value is -3.09. The molecule has 2 aromatic carbocycles. The van der Waals surface area contributed by atoms with Gasteiger partial charge in [-0.3, -0.25) is 14.9 Å². The van der Waals surface area contributed by atoms with E-state index < -0.39 is 10.8 Å². The minimum absolute atomic E-state index is 0.0396. The summed E-state index contributed by atoms with van der Waals surface area (Å²) in [5.41, 5.74) is -0.281. The zero-order chi connectivity index (χ0) is 15.4. The number of rotatable bonds is 4. The Morgan fingerprint density at radius 1 is 1.24 bits per heavy atom. The van der Waals surface area contributed by atoms with Crippen molar-refractivity contribution in [1.29, 1.82) is 0 Å². The molecule has 7 heteroatoms. The molecule has 0 aliphatic heterocycles. The molecule has 0 unspecified atom stereocenters. The molecule has 0 bridgehead atoms. The van der Waals surface area contributed by atoms with Crippen LogP contribution in [0.2, 0.25) is 0 Å². The number of para-hydroxylation sites is 2. The zero-order valence-electron chi connectivity index (χ0n) is 11.1. The van der Waals surface area contributed by atoms with Crippen molar-refractivity contribution in [2.45, 2.75) is 0 Å². The van der Waals surface area contributed by atoms with Crippen LogP contribution in [0.3, 0.4) is 0 Å². The first kappa shape index (κ1) is 14.3. The Morgan fingerprint density at radius 2 is 1.95 bits per heavy atom. The third-order valence-electron chi connectivity index (χ3n) is 2.80. The molecule has 0 aromatic heterocycles. The van der Waals surface area contributed by atoms with E-state index in [1.807, 2.05) is 0 Å². The van der Waals surface area contributed by atoms with Crippen LogP contribution in [0.25, 0.3) is 0 Å². The van der Waals surface area contributed by atoms with Crippen molar-refractivity contribution in [3.8, 4) is 11.5 Å². The SMILES string of the molecule is COc1cccc(O)c1C(=O)Nc1ccccc1[N+](=O)[O-]. The van der Waals surface area contributed by atoms with Gasteiger partial charge in [-0.25, -0.2) is 0 Å². The quantitative estimate of drug-likeness (QED) is 0.665. The fourth-order valence-corrected chi connectivity index (χ4v) is 1.84. The van der Waals surface area contributed by atoms with Crippen LogP contribution in [-0.2, 0) is 0 Å². The molecule has 21 heavy (non-hydrogen) atoms. The molecule has 0 radical (unpaired) electrons. The predicted molar refractivity (Wildman–Crippen MR) is 75.7 cm³/mol. The smallest absolute Gasteiger partial charge is 0.292 e. The average molecular weight is 288 g/mol. The number of ether oxygens (including phenoxy) is 1. The van der Waals surface area contributed by atoms with Crippen LogP contribution in [0.4, 0.5) is 11.4 Å². The standard InChI is InChI=1S/C14H12N2O5/c1-21-12-8-4-7-11(17)13(12)14(18)15-9-5-2-3-6-10(9)16(19)20/h2-8,17H,1H3,(H,15,18). The van der Waals surface area contributed by atoms with E-state index in [-0.39, 0.29) is 28.4 Å². The first-order chi connectivity index (χ1) is 10.0. The maximum absolute atomic E-state index is 12.2. The summed E-state index contributed by atoms with van der Waals surface area (Å²) in [6.07, 6.45) is 0. The summed E-state index contributed by atoms with van der Waals surface area (Å²) in [7, 11) is 1.36. The molecule has 0 saturated heterocycles. The molecule has 0 aliphatic rings. The van der Waals surface area contributed by atoms with Gasteiger partial charge >= 0.3 is 0 Å². The van der Waals surface area contributed by atoms with Crippen LogP contribution in [0.5, 0.6) is 11.5 Å². The van der Waals surface area contributed by atoms with Crippen LogP contribution in [0.1, 0.15) is 10.4 Å². The minimum Gasteiger partial charge on any atom is -0.507 e. The fourth-order valence-electron chi connectivity index (χ4n) is 1.84. The lowest BCUT2D eigenvalue weighted by Crippen LogP contribution is -2.14. The lowest BCUT2D eigenvalue weighted by atomic mass is 10.1. The summed E-state index contributed by atoms with van der Waals surface area (Å²) < 4.78 is 5.01. The number of anilines is 1. The van der Waals surface area contributed by atoms with Crippen LogP contribution < -0.4 is 10.1 Å². The van der Waals surface area contributed by atoms with Crippen molar-refractivity contribution in [3.05, 3.63) is 58.1 Å². The Kier molecular flexibility index (Phi) is 4.03. The molecule has 0 saturated carbocycles. The number of amides is 1. The van der Waals surface area contributed by atoms with Gasteiger partial charge in [0.25, 0.3) is 11.6 Å². The lowest BCUT2D eigenvalue weighted by Gasteiger charge is -2.10. The molecule has 2 N–H and O–H groups in total. The Balaban J connectivity index is 2.38. The highest BCUT2D eigenvalue weighted by Crippen LogP contribution is 2.30. The number of nitro benzene ring substituents is 1. The number of phenols is 1. The topological polar surface area (TPSA) is 102 Å². The molecule has 7 nitrogen and oxygen atoms in total. The molecule has 0 spiro atoms. The number of hydrogen-bond acceptors (Lipinski definition) is 5. The van der Waals surface area contributed by atoms with E-state index in [0.29, 0.717) is 0 Å². The van der Waals surface area contributed by atoms with E-state index in [4.69, 9.17) is 4.74 Å². The maximum atomic E-state index is 12.2. The summed E-state index contributed by atoms with van der Waals surface area (Å²) >= 11 is 0. The van der Waals surface area contributed by atoms with E-state index in [0.717, 1.165) is 0 Å². The number of carbonyl (C=O) groups excluding carboxylic acids is 1. The number of aromatic hydroxyl groups is 1. The molecular formula is C14H12N2O5. The number of carbonyl (C=O) groups is 1. The van der Waals surface area contributed by atoms with Gasteiger partial charge in [-0.05, 0) is 18.2 Å². The molecule has 0 atom stereocenters. The van der Waals surface area contributed by atoms with Gasteiger partial charge in [0.05, 0.1) is 12.0 Å². The number of nitro groups is 1. The third-order valence-corrected chi connectivity index (χ3v) is 2.80. The van der Waals surface area contributed by atoms with Gasteiger partial charge in [0.1, 0.15) is 22.7 Å². The van der Waals surface area contributed by atoms with Crippen LogP contribution in [0, 0.1) is 10.1 Å². The van der Waals surface area contributed by atoms with Gasteiger partial charge in [0, 0.05) is 6.07 Å². The van der Waals surface area contributed by atoms with Gasteiger partial charge in [0.15, 0.2) is 0 Å². The largest absolute Gasteiger partial charge is 0.507 e. The van der Waals surface area contributed by atoms with Crippen molar-refractivity contribution in [2.75, 3.05) is 12.4 Å². The summed E-state index contributed by atoms with van der Waals surface area (Å²) in [4.78, 5) is 22.5. The Labute approximate surface area is 119 Å². The predicted octanol–water partition coefficient (Wildman–Crippen LogP) is 2.56. The zero-order valence-corrected chi connectivity index (χ0v) is 11.1. The summed E-state index contributed by atoms with van der Waals surface area (Å²) in [5, 5.41) is 23.1. The van der Waals surface area contributed by atoms with E-state index in [1.54, 1.807) is 6.07 Å². The van der Waals surface area contributed by atoms with Crippen LogP contribution in [0.15, 0.2) is 42.5 Å². The van der Waals surface area contributed by atoms with Gasteiger partial charge in [-0.15, -0.1) is 0 Å². The van der Waals surface area contributed by atoms with Gasteiger partial charge in [-0.2, -0.15) is 0 Å². The fraction of sp³-hybridized carbons (Fsp3) is 0.0714. The second-order valence-electron chi connectivity index (χ2n) is 4.08. The summed E-state index contributed by atoms with van der Waals surface area (Å²) in [6, 6.07) is 10.1. The van der Waals surface area contributed by atoms with Crippen molar-refractivity contribution in [3.63, 3.8) is 0 Å². The minimum atomic E-state index is -0.695. The van der Waals surface area contributed by atoms with E-state index in [1.165, 1.54) is 43.5 Å². The molecule has 2 aromatic rings. The normalized spacial score (nSPS) is 9.95. The van der Waals surface area contributed by atoms with Crippen molar-refractivity contribution in [1.82, 2.24) is 0 Å². The van der Waals surface area contributed by atoms with Crippen molar-refractivity contribution < 1.29 is 19.6 Å².